The molecule has 2 N–H and O–H groups in total. The molecular weight excluding hydrogens is 306 g/mol. The Labute approximate surface area is 142 Å². The van der Waals surface area contributed by atoms with Crippen molar-refractivity contribution >= 4 is 0 Å². The van der Waals surface area contributed by atoms with E-state index in [0.29, 0.717) is 11.5 Å². The minimum Gasteiger partial charge on any atom is -0.508 e. The highest BCUT2D eigenvalue weighted by Gasteiger charge is 2.30. The second-order valence-corrected chi connectivity index (χ2v) is 6.15. The van der Waals surface area contributed by atoms with E-state index in [1.54, 1.807) is 25.3 Å². The minimum atomic E-state index is 0.0964. The Kier molecular flexibility index (Phi) is 4.53. The highest BCUT2D eigenvalue weighted by molar-refractivity contribution is 5.60. The predicted molar refractivity (Wildman–Crippen MR) is 92.1 cm³/mol. The molecule has 0 bridgehead atoms. The number of benzene rings is 2. The molecule has 1 atom stereocenters. The lowest BCUT2D eigenvalue weighted by Crippen LogP contribution is -2.33. The topological polar surface area (TPSA) is 62.2 Å². The monoisotopic (exact) mass is 329 g/mol. The Bertz CT molecular complexity index is 727. The van der Waals surface area contributed by atoms with Gasteiger partial charge in [0.25, 0.3) is 0 Å². The summed E-state index contributed by atoms with van der Waals surface area (Å²) in [4.78, 5) is 2.28. The quantitative estimate of drug-likeness (QED) is 0.903. The average Bonchev–Trinajstić information content (AvgIpc) is 2.58. The van der Waals surface area contributed by atoms with Gasteiger partial charge in [-0.15, -0.1) is 0 Å². The van der Waals surface area contributed by atoms with Crippen LogP contribution in [0, 0.1) is 0 Å². The molecule has 0 fully saturated rings. The molecule has 0 saturated carbocycles. The first kappa shape index (κ1) is 16.5. The van der Waals surface area contributed by atoms with Crippen LogP contribution in [0.15, 0.2) is 30.3 Å². The number of aromatic hydroxyl groups is 2. The van der Waals surface area contributed by atoms with E-state index >= 15 is 0 Å². The van der Waals surface area contributed by atoms with Crippen molar-refractivity contribution < 1.29 is 19.7 Å². The molecule has 2 aromatic rings. The number of fused-ring (bicyclic) bond motifs is 1. The molecule has 0 aliphatic carbocycles. The molecular formula is C19H23NO4. The fourth-order valence-electron chi connectivity index (χ4n) is 3.46. The lowest BCUT2D eigenvalue weighted by atomic mass is 9.88. The summed E-state index contributed by atoms with van der Waals surface area (Å²) in [6.45, 7) is 0.903. The van der Waals surface area contributed by atoms with Crippen LogP contribution < -0.4 is 9.47 Å². The van der Waals surface area contributed by atoms with Gasteiger partial charge in [0.2, 0.25) is 5.75 Å². The fraction of sp³-hybridized carbons (Fsp3) is 0.368. The molecule has 5 nitrogen and oxygen atoms in total. The summed E-state index contributed by atoms with van der Waals surface area (Å²) in [6.07, 6.45) is 1.64. The number of likely N-dealkylation sites (N-methyl/N-ethyl adjacent to an activating group) is 1. The molecule has 128 valence electrons. The molecule has 0 saturated heterocycles. The molecule has 0 radical (unpaired) electrons. The first-order chi connectivity index (χ1) is 11.5. The number of phenols is 2. The highest BCUT2D eigenvalue weighted by atomic mass is 16.5. The van der Waals surface area contributed by atoms with Crippen LogP contribution in [0.2, 0.25) is 0 Å². The average molecular weight is 329 g/mol. The Morgan fingerprint density at radius 2 is 1.75 bits per heavy atom. The van der Waals surface area contributed by atoms with Crippen LogP contribution in [0.4, 0.5) is 0 Å². The standard InChI is InChI=1S/C19H23NO4/c1-20-9-8-14-15(11-17(22)19(24-3)18(14)23-2)16(20)10-12-4-6-13(21)7-5-12/h4-7,11,16,21-22H,8-10H2,1-3H3/t16-/m0/s1. The van der Waals surface area contributed by atoms with Gasteiger partial charge in [0, 0.05) is 18.2 Å². The van der Waals surface area contributed by atoms with Gasteiger partial charge in [0.15, 0.2) is 11.5 Å². The molecule has 0 amide bonds. The van der Waals surface area contributed by atoms with Crippen molar-refractivity contribution in [3.63, 3.8) is 0 Å². The van der Waals surface area contributed by atoms with Crippen molar-refractivity contribution in [1.29, 1.82) is 0 Å². The summed E-state index contributed by atoms with van der Waals surface area (Å²) in [7, 11) is 5.22. The Hall–Kier alpha value is -2.40. The Balaban J connectivity index is 2.03. The van der Waals surface area contributed by atoms with Gasteiger partial charge < -0.3 is 19.7 Å². The second-order valence-electron chi connectivity index (χ2n) is 6.15. The largest absolute Gasteiger partial charge is 0.508 e. The third-order valence-corrected chi connectivity index (χ3v) is 4.73. The molecule has 3 rings (SSSR count). The molecule has 24 heavy (non-hydrogen) atoms. The second kappa shape index (κ2) is 6.61. The van der Waals surface area contributed by atoms with Gasteiger partial charge in [-0.3, -0.25) is 4.90 Å². The maximum atomic E-state index is 10.3. The number of nitrogens with zero attached hydrogens (tertiary/aromatic N) is 1. The number of ether oxygens (including phenoxy) is 2. The summed E-state index contributed by atoms with van der Waals surface area (Å²) in [6, 6.07) is 9.17. The lowest BCUT2D eigenvalue weighted by Gasteiger charge is -2.36. The first-order valence-corrected chi connectivity index (χ1v) is 8.00. The van der Waals surface area contributed by atoms with Crippen LogP contribution in [-0.4, -0.2) is 42.9 Å². The Morgan fingerprint density at radius 3 is 2.38 bits per heavy atom. The van der Waals surface area contributed by atoms with Gasteiger partial charge in [-0.1, -0.05) is 12.1 Å². The lowest BCUT2D eigenvalue weighted by molar-refractivity contribution is 0.224. The third-order valence-electron chi connectivity index (χ3n) is 4.73. The van der Waals surface area contributed by atoms with Gasteiger partial charge in [-0.25, -0.2) is 0 Å². The molecule has 1 heterocycles. The summed E-state index contributed by atoms with van der Waals surface area (Å²) >= 11 is 0. The fourth-order valence-corrected chi connectivity index (χ4v) is 3.46. The van der Waals surface area contributed by atoms with Gasteiger partial charge in [0.1, 0.15) is 5.75 Å². The maximum absolute atomic E-state index is 10.3. The number of methoxy groups -OCH3 is 2. The molecule has 0 aromatic heterocycles. The maximum Gasteiger partial charge on any atom is 0.203 e. The number of hydrogen-bond donors (Lipinski definition) is 2. The minimum absolute atomic E-state index is 0.0964. The third kappa shape index (κ3) is 2.87. The molecule has 5 heteroatoms. The van der Waals surface area contributed by atoms with Crippen LogP contribution in [0.25, 0.3) is 0 Å². The van der Waals surface area contributed by atoms with E-state index in [9.17, 15) is 10.2 Å². The van der Waals surface area contributed by atoms with Crippen LogP contribution in [0.3, 0.4) is 0 Å². The van der Waals surface area contributed by atoms with Crippen LogP contribution in [-0.2, 0) is 12.8 Å². The van der Waals surface area contributed by atoms with Gasteiger partial charge in [-0.2, -0.15) is 0 Å². The zero-order chi connectivity index (χ0) is 17.3. The van der Waals surface area contributed by atoms with Crippen LogP contribution >= 0.6 is 0 Å². The van der Waals surface area contributed by atoms with Crippen molar-refractivity contribution in [2.75, 3.05) is 27.8 Å². The van der Waals surface area contributed by atoms with Crippen molar-refractivity contribution in [2.45, 2.75) is 18.9 Å². The molecule has 0 spiro atoms. The van der Waals surface area contributed by atoms with E-state index in [4.69, 9.17) is 9.47 Å². The van der Waals surface area contributed by atoms with Gasteiger partial charge in [0.05, 0.1) is 14.2 Å². The number of rotatable bonds is 4. The van der Waals surface area contributed by atoms with Crippen LogP contribution in [0.1, 0.15) is 22.7 Å². The molecule has 2 aromatic carbocycles. The summed E-state index contributed by atoms with van der Waals surface area (Å²) in [5.74, 6) is 1.37. The van der Waals surface area contributed by atoms with Crippen molar-refractivity contribution in [3.8, 4) is 23.0 Å². The van der Waals surface area contributed by atoms with E-state index < -0.39 is 0 Å². The van der Waals surface area contributed by atoms with E-state index in [0.717, 1.165) is 36.1 Å². The van der Waals surface area contributed by atoms with E-state index in [1.807, 2.05) is 12.1 Å². The number of hydrogen-bond acceptors (Lipinski definition) is 5. The zero-order valence-corrected chi connectivity index (χ0v) is 14.2. The summed E-state index contributed by atoms with van der Waals surface area (Å²) in [5.41, 5.74) is 3.28. The molecule has 1 aliphatic rings. The van der Waals surface area contributed by atoms with Gasteiger partial charge >= 0.3 is 0 Å². The van der Waals surface area contributed by atoms with Crippen molar-refractivity contribution in [3.05, 3.63) is 47.0 Å². The summed E-state index contributed by atoms with van der Waals surface area (Å²) < 4.78 is 10.8. The van der Waals surface area contributed by atoms with Crippen LogP contribution in [0.5, 0.6) is 23.0 Å². The highest BCUT2D eigenvalue weighted by Crippen LogP contribution is 2.46. The SMILES string of the molecule is COc1c(O)cc2c(c1OC)CCN(C)[C@H]2Cc1ccc(O)cc1. The zero-order valence-electron chi connectivity index (χ0n) is 14.2. The summed E-state index contributed by atoms with van der Waals surface area (Å²) in [5, 5.41) is 19.8. The molecule has 0 unspecified atom stereocenters. The van der Waals surface area contributed by atoms with E-state index in [-0.39, 0.29) is 17.5 Å². The van der Waals surface area contributed by atoms with Gasteiger partial charge in [-0.05, 0) is 49.2 Å². The predicted octanol–water partition coefficient (Wildman–Crippen LogP) is 2.89. The molecule has 1 aliphatic heterocycles. The Morgan fingerprint density at radius 1 is 1.08 bits per heavy atom. The van der Waals surface area contributed by atoms with Crippen molar-refractivity contribution in [1.82, 2.24) is 4.90 Å². The van der Waals surface area contributed by atoms with E-state index in [1.165, 1.54) is 7.11 Å². The normalized spacial score (nSPS) is 17.4. The smallest absolute Gasteiger partial charge is 0.203 e. The number of phenolic OH excluding ortho intramolecular Hbond substituents is 2. The van der Waals surface area contributed by atoms with Crippen molar-refractivity contribution in [2.24, 2.45) is 0 Å². The van der Waals surface area contributed by atoms with E-state index in [2.05, 4.69) is 11.9 Å². The first-order valence-electron chi connectivity index (χ1n) is 8.00.